The van der Waals surface area contributed by atoms with E-state index in [1.165, 1.54) is 6.07 Å². The Morgan fingerprint density at radius 2 is 1.96 bits per heavy atom. The molecule has 9 heteroatoms. The molecule has 2 aromatic heterocycles. The maximum Gasteiger partial charge on any atom is 0.251 e. The Balaban J connectivity index is 1.79. The fourth-order valence-electron chi connectivity index (χ4n) is 2.25. The average molecular weight is 356 g/mol. The molecule has 26 heavy (non-hydrogen) atoms. The highest BCUT2D eigenvalue weighted by molar-refractivity contribution is 5.95. The van der Waals surface area contributed by atoms with Gasteiger partial charge in [0.05, 0.1) is 12.2 Å². The van der Waals surface area contributed by atoms with E-state index in [4.69, 9.17) is 4.42 Å². The highest BCUT2D eigenvalue weighted by Crippen LogP contribution is 2.21. The van der Waals surface area contributed by atoms with Crippen molar-refractivity contribution in [2.45, 2.75) is 13.5 Å². The number of aromatic nitrogens is 4. The highest BCUT2D eigenvalue weighted by Gasteiger charge is 2.12. The van der Waals surface area contributed by atoms with Crippen LogP contribution in [0.1, 0.15) is 22.1 Å². The number of hydrogen-bond donors (Lipinski definition) is 1. The predicted molar refractivity (Wildman–Crippen MR) is 92.0 cm³/mol. The first-order chi connectivity index (χ1) is 12.4. The molecule has 0 aliphatic rings. The lowest BCUT2D eigenvalue weighted by Gasteiger charge is -2.10. The van der Waals surface area contributed by atoms with Crippen LogP contribution in [-0.2, 0) is 6.54 Å². The van der Waals surface area contributed by atoms with Crippen LogP contribution in [0.2, 0.25) is 0 Å². The third kappa shape index (κ3) is 4.00. The van der Waals surface area contributed by atoms with Crippen LogP contribution in [0.5, 0.6) is 0 Å². The highest BCUT2D eigenvalue weighted by atomic mass is 19.1. The molecule has 0 atom stereocenters. The van der Waals surface area contributed by atoms with Crippen LogP contribution in [0.3, 0.4) is 0 Å². The quantitative estimate of drug-likeness (QED) is 0.746. The summed E-state index contributed by atoms with van der Waals surface area (Å²) in [6.45, 7) is 1.71. The lowest BCUT2D eigenvalue weighted by Crippen LogP contribution is -2.23. The lowest BCUT2D eigenvalue weighted by atomic mass is 10.1. The number of hydrogen-bond acceptors (Lipinski definition) is 7. The Morgan fingerprint density at radius 3 is 2.58 bits per heavy atom. The summed E-state index contributed by atoms with van der Waals surface area (Å²) in [7, 11) is 3.69. The number of anilines is 1. The second kappa shape index (κ2) is 7.26. The summed E-state index contributed by atoms with van der Waals surface area (Å²) in [5.74, 6) is 0.358. The predicted octanol–water partition coefficient (Wildman–Crippen LogP) is 1.97. The molecule has 134 valence electrons. The molecule has 1 N–H and O–H groups in total. The molecule has 0 radical (unpaired) electrons. The molecule has 0 bridgehead atoms. The topological polar surface area (TPSA) is 97.0 Å². The van der Waals surface area contributed by atoms with Crippen LogP contribution in [-0.4, -0.2) is 40.4 Å². The minimum absolute atomic E-state index is 0.0584. The van der Waals surface area contributed by atoms with Gasteiger partial charge in [-0.15, -0.1) is 20.4 Å². The van der Waals surface area contributed by atoms with Gasteiger partial charge in [-0.1, -0.05) is 0 Å². The molecule has 2 heterocycles. The summed E-state index contributed by atoms with van der Waals surface area (Å²) in [6.07, 6.45) is 0. The SMILES string of the molecule is Cc1nnc(CNC(=O)c2cc(F)cc(-c3ccc(N(C)C)nn3)c2)o1. The van der Waals surface area contributed by atoms with Gasteiger partial charge in [0.2, 0.25) is 11.8 Å². The molecule has 0 saturated carbocycles. The first-order valence-corrected chi connectivity index (χ1v) is 7.81. The smallest absolute Gasteiger partial charge is 0.251 e. The van der Waals surface area contributed by atoms with Gasteiger partial charge in [0.25, 0.3) is 5.91 Å². The van der Waals surface area contributed by atoms with Crippen LogP contribution < -0.4 is 10.2 Å². The third-order valence-electron chi connectivity index (χ3n) is 3.53. The average Bonchev–Trinajstić information content (AvgIpc) is 3.04. The molecule has 0 aliphatic carbocycles. The van der Waals surface area contributed by atoms with Crippen LogP contribution in [0.15, 0.2) is 34.7 Å². The Morgan fingerprint density at radius 1 is 1.15 bits per heavy atom. The normalized spacial score (nSPS) is 10.6. The van der Waals surface area contributed by atoms with Crippen LogP contribution >= 0.6 is 0 Å². The van der Waals surface area contributed by atoms with Crippen molar-refractivity contribution >= 4 is 11.7 Å². The van der Waals surface area contributed by atoms with Gasteiger partial charge in [-0.2, -0.15) is 0 Å². The van der Waals surface area contributed by atoms with Crippen molar-refractivity contribution in [2.24, 2.45) is 0 Å². The zero-order valence-electron chi connectivity index (χ0n) is 14.5. The van der Waals surface area contributed by atoms with Gasteiger partial charge in [-0.05, 0) is 30.3 Å². The van der Waals surface area contributed by atoms with Gasteiger partial charge in [0, 0.05) is 32.1 Å². The molecule has 3 aromatic rings. The first kappa shape index (κ1) is 17.5. The van der Waals surface area contributed by atoms with E-state index < -0.39 is 11.7 Å². The Hall–Kier alpha value is -3.36. The summed E-state index contributed by atoms with van der Waals surface area (Å²) in [5.41, 5.74) is 1.09. The zero-order valence-corrected chi connectivity index (χ0v) is 14.5. The molecule has 0 saturated heterocycles. The number of benzene rings is 1. The van der Waals surface area contributed by atoms with Crippen molar-refractivity contribution in [1.29, 1.82) is 0 Å². The van der Waals surface area contributed by atoms with Gasteiger partial charge in [-0.3, -0.25) is 4.79 Å². The summed E-state index contributed by atoms with van der Waals surface area (Å²) in [5, 5.41) is 18.2. The molecule has 3 rings (SSSR count). The number of rotatable bonds is 5. The van der Waals surface area contributed by atoms with Gasteiger partial charge in [0.15, 0.2) is 5.82 Å². The van der Waals surface area contributed by atoms with E-state index in [0.717, 1.165) is 6.07 Å². The molecule has 0 spiro atoms. The Bertz CT molecular complexity index is 923. The number of nitrogens with one attached hydrogen (secondary N) is 1. The van der Waals surface area contributed by atoms with Crippen LogP contribution in [0, 0.1) is 12.7 Å². The Kier molecular flexibility index (Phi) is 4.87. The van der Waals surface area contributed by atoms with E-state index in [1.807, 2.05) is 14.1 Å². The van der Waals surface area contributed by atoms with E-state index in [1.54, 1.807) is 30.0 Å². The van der Waals surface area contributed by atoms with Crippen LogP contribution in [0.25, 0.3) is 11.3 Å². The number of nitrogens with zero attached hydrogens (tertiary/aromatic N) is 5. The molecule has 0 fully saturated rings. The molecule has 1 aromatic carbocycles. The standard InChI is InChI=1S/C17H17FN6O2/c1-10-20-23-16(26-10)9-19-17(25)12-6-11(7-13(18)8-12)14-4-5-15(22-21-14)24(2)3/h4-8H,9H2,1-3H3,(H,19,25). The summed E-state index contributed by atoms with van der Waals surface area (Å²) in [6, 6.07) is 7.50. The minimum atomic E-state index is -0.542. The van der Waals surface area contributed by atoms with E-state index >= 15 is 0 Å². The van der Waals surface area contributed by atoms with Crippen molar-refractivity contribution in [3.8, 4) is 11.3 Å². The second-order valence-electron chi connectivity index (χ2n) is 5.80. The molecule has 1 amide bonds. The molecule has 0 unspecified atom stereocenters. The minimum Gasteiger partial charge on any atom is -0.424 e. The van der Waals surface area contributed by atoms with Crippen molar-refractivity contribution in [3.63, 3.8) is 0 Å². The van der Waals surface area contributed by atoms with Gasteiger partial charge < -0.3 is 14.6 Å². The van der Waals surface area contributed by atoms with Crippen molar-refractivity contribution in [2.75, 3.05) is 19.0 Å². The number of halogens is 1. The van der Waals surface area contributed by atoms with Crippen molar-refractivity contribution in [3.05, 3.63) is 53.5 Å². The summed E-state index contributed by atoms with van der Waals surface area (Å²) < 4.78 is 19.2. The summed E-state index contributed by atoms with van der Waals surface area (Å²) in [4.78, 5) is 14.1. The molecule has 8 nitrogen and oxygen atoms in total. The number of carbonyl (C=O) groups excluding carboxylic acids is 1. The van der Waals surface area contributed by atoms with Gasteiger partial charge in [-0.25, -0.2) is 4.39 Å². The molecule has 0 aliphatic heterocycles. The third-order valence-corrected chi connectivity index (χ3v) is 3.53. The van der Waals surface area contributed by atoms with E-state index in [-0.39, 0.29) is 18.0 Å². The van der Waals surface area contributed by atoms with E-state index in [9.17, 15) is 9.18 Å². The van der Waals surface area contributed by atoms with Crippen LogP contribution in [0.4, 0.5) is 10.2 Å². The fraction of sp³-hybridized carbons (Fsp3) is 0.235. The largest absolute Gasteiger partial charge is 0.424 e. The van der Waals surface area contributed by atoms with Gasteiger partial charge >= 0.3 is 0 Å². The van der Waals surface area contributed by atoms with Crippen molar-refractivity contribution in [1.82, 2.24) is 25.7 Å². The molecular weight excluding hydrogens is 339 g/mol. The maximum atomic E-state index is 14.0. The zero-order chi connectivity index (χ0) is 18.7. The lowest BCUT2D eigenvalue weighted by molar-refractivity contribution is 0.0946. The van der Waals surface area contributed by atoms with Crippen molar-refractivity contribution < 1.29 is 13.6 Å². The monoisotopic (exact) mass is 356 g/mol. The molecular formula is C17H17FN6O2. The maximum absolute atomic E-state index is 14.0. The van der Waals surface area contributed by atoms with E-state index in [0.29, 0.717) is 23.0 Å². The summed E-state index contributed by atoms with van der Waals surface area (Å²) >= 11 is 0. The fourth-order valence-corrected chi connectivity index (χ4v) is 2.25. The first-order valence-electron chi connectivity index (χ1n) is 7.81. The Labute approximate surface area is 149 Å². The number of carbonyl (C=O) groups is 1. The number of amides is 1. The number of aryl methyl sites for hydroxylation is 1. The second-order valence-corrected chi connectivity index (χ2v) is 5.80. The van der Waals surface area contributed by atoms with Gasteiger partial charge in [0.1, 0.15) is 5.82 Å². The van der Waals surface area contributed by atoms with E-state index in [2.05, 4.69) is 25.7 Å².